The van der Waals surface area contributed by atoms with E-state index in [1.54, 1.807) is 0 Å². The van der Waals surface area contributed by atoms with Crippen LogP contribution in [0.2, 0.25) is 0 Å². The summed E-state index contributed by atoms with van der Waals surface area (Å²) in [4.78, 5) is 13.8. The molecule has 0 saturated carbocycles. The Morgan fingerprint density at radius 1 is 1.41 bits per heavy atom. The van der Waals surface area contributed by atoms with Gasteiger partial charge in [0.1, 0.15) is 6.61 Å². The molecule has 98 valence electrons. The minimum atomic E-state index is 0.135. The van der Waals surface area contributed by atoms with Crippen molar-refractivity contribution in [2.45, 2.75) is 31.4 Å². The van der Waals surface area contributed by atoms with Gasteiger partial charge in [-0.25, -0.2) is 0 Å². The predicted octanol–water partition coefficient (Wildman–Crippen LogP) is 0.719. The molecule has 1 N–H and O–H groups in total. The van der Waals surface area contributed by atoms with Gasteiger partial charge in [0, 0.05) is 18.8 Å². The molecule has 1 unspecified atom stereocenters. The topological polar surface area (TPSA) is 41.6 Å². The molecular weight excluding hydrogens is 236 g/mol. The molecule has 1 amide bonds. The summed E-state index contributed by atoms with van der Waals surface area (Å²) in [6.45, 7) is 2.27. The molecule has 2 heterocycles. The van der Waals surface area contributed by atoms with Gasteiger partial charge in [-0.1, -0.05) is 0 Å². The molecule has 0 aromatic rings. The Kier molecular flexibility index (Phi) is 5.13. The van der Waals surface area contributed by atoms with Gasteiger partial charge < -0.3 is 15.0 Å². The third-order valence-electron chi connectivity index (χ3n) is 3.58. The van der Waals surface area contributed by atoms with Crippen molar-refractivity contribution >= 4 is 17.7 Å². The zero-order chi connectivity index (χ0) is 12.1. The minimum absolute atomic E-state index is 0.135. The number of thioether (sulfide) groups is 1. The Bertz CT molecular complexity index is 251. The molecule has 2 saturated heterocycles. The van der Waals surface area contributed by atoms with Gasteiger partial charge in [0.05, 0.1) is 6.10 Å². The second-order valence-electron chi connectivity index (χ2n) is 4.78. The number of amides is 1. The molecule has 5 heteroatoms. The van der Waals surface area contributed by atoms with E-state index < -0.39 is 0 Å². The number of nitrogens with one attached hydrogen (secondary N) is 1. The molecule has 0 bridgehead atoms. The average Bonchev–Trinajstić information content (AvgIpc) is 2.90. The van der Waals surface area contributed by atoms with Gasteiger partial charge in [-0.15, -0.1) is 0 Å². The first-order valence-corrected chi connectivity index (χ1v) is 7.58. The quantitative estimate of drug-likeness (QED) is 0.807. The Hall–Kier alpha value is -0.260. The van der Waals surface area contributed by atoms with Crippen LogP contribution in [0.1, 0.15) is 19.3 Å². The van der Waals surface area contributed by atoms with E-state index in [4.69, 9.17) is 4.74 Å². The van der Waals surface area contributed by atoms with E-state index in [0.717, 1.165) is 38.1 Å². The smallest absolute Gasteiger partial charge is 0.248 e. The number of hydrogen-bond acceptors (Lipinski definition) is 4. The number of nitrogens with zero attached hydrogens (tertiary/aromatic N) is 1. The molecule has 1 atom stereocenters. The first-order chi connectivity index (χ1) is 8.27. The van der Waals surface area contributed by atoms with Crippen LogP contribution in [0, 0.1) is 0 Å². The van der Waals surface area contributed by atoms with Gasteiger partial charge >= 0.3 is 0 Å². The number of likely N-dealkylation sites (N-methyl/N-ethyl adjacent to an activating group) is 1. The van der Waals surface area contributed by atoms with Crippen LogP contribution in [-0.4, -0.2) is 61.2 Å². The van der Waals surface area contributed by atoms with Crippen molar-refractivity contribution in [3.05, 3.63) is 0 Å². The Balaban J connectivity index is 1.68. The van der Waals surface area contributed by atoms with E-state index in [0.29, 0.717) is 6.04 Å². The summed E-state index contributed by atoms with van der Waals surface area (Å²) in [5.74, 6) is 2.39. The fourth-order valence-corrected chi connectivity index (χ4v) is 3.55. The first-order valence-electron chi connectivity index (χ1n) is 6.43. The second-order valence-corrected chi connectivity index (χ2v) is 5.93. The SMILES string of the molecule is CN(C(=O)COC1CCNCC1)C1CCSC1. The van der Waals surface area contributed by atoms with Crippen molar-refractivity contribution in [3.8, 4) is 0 Å². The lowest BCUT2D eigenvalue weighted by Gasteiger charge is -2.26. The molecule has 17 heavy (non-hydrogen) atoms. The van der Waals surface area contributed by atoms with Crippen molar-refractivity contribution in [2.75, 3.05) is 38.2 Å². The molecule has 2 aliphatic rings. The van der Waals surface area contributed by atoms with E-state index in [-0.39, 0.29) is 18.6 Å². The average molecular weight is 258 g/mol. The number of carbonyl (C=O) groups is 1. The Morgan fingerprint density at radius 3 is 2.82 bits per heavy atom. The van der Waals surface area contributed by atoms with Crippen molar-refractivity contribution in [3.63, 3.8) is 0 Å². The van der Waals surface area contributed by atoms with Crippen LogP contribution in [0.4, 0.5) is 0 Å². The molecule has 2 fully saturated rings. The standard InChI is InChI=1S/C12H22N2O2S/c1-14(10-4-7-17-9-10)12(15)8-16-11-2-5-13-6-3-11/h10-11,13H,2-9H2,1H3. The summed E-state index contributed by atoms with van der Waals surface area (Å²) in [6.07, 6.45) is 3.44. The van der Waals surface area contributed by atoms with Gasteiger partial charge in [-0.05, 0) is 38.1 Å². The summed E-state index contributed by atoms with van der Waals surface area (Å²) in [5.41, 5.74) is 0. The molecular formula is C12H22N2O2S. The summed E-state index contributed by atoms with van der Waals surface area (Å²) in [6, 6.07) is 0.420. The summed E-state index contributed by atoms with van der Waals surface area (Å²) in [7, 11) is 1.91. The molecule has 2 aliphatic heterocycles. The lowest BCUT2D eigenvalue weighted by Crippen LogP contribution is -2.41. The summed E-state index contributed by atoms with van der Waals surface area (Å²) >= 11 is 1.93. The maximum atomic E-state index is 11.9. The maximum Gasteiger partial charge on any atom is 0.248 e. The van der Waals surface area contributed by atoms with Crippen LogP contribution >= 0.6 is 11.8 Å². The monoisotopic (exact) mass is 258 g/mol. The molecule has 0 aromatic heterocycles. The first kappa shape index (κ1) is 13.2. The van der Waals surface area contributed by atoms with Gasteiger partial charge in [0.2, 0.25) is 5.91 Å². The Labute approximate surface area is 107 Å². The highest BCUT2D eigenvalue weighted by Crippen LogP contribution is 2.21. The van der Waals surface area contributed by atoms with Gasteiger partial charge in [0.25, 0.3) is 0 Å². The van der Waals surface area contributed by atoms with Crippen molar-refractivity contribution in [2.24, 2.45) is 0 Å². The summed E-state index contributed by atoms with van der Waals surface area (Å²) < 4.78 is 5.69. The van der Waals surface area contributed by atoms with Crippen LogP contribution in [0.25, 0.3) is 0 Å². The van der Waals surface area contributed by atoms with Gasteiger partial charge in [0.15, 0.2) is 0 Å². The van der Waals surface area contributed by atoms with Crippen LogP contribution in [0.5, 0.6) is 0 Å². The lowest BCUT2D eigenvalue weighted by atomic mass is 10.1. The van der Waals surface area contributed by atoms with E-state index in [1.807, 2.05) is 23.7 Å². The molecule has 0 spiro atoms. The zero-order valence-corrected chi connectivity index (χ0v) is 11.3. The minimum Gasteiger partial charge on any atom is -0.368 e. The lowest BCUT2D eigenvalue weighted by molar-refractivity contribution is -0.139. The predicted molar refractivity (Wildman–Crippen MR) is 70.3 cm³/mol. The largest absolute Gasteiger partial charge is 0.368 e. The number of piperidine rings is 1. The maximum absolute atomic E-state index is 11.9. The summed E-state index contributed by atoms with van der Waals surface area (Å²) in [5, 5.41) is 3.29. The highest BCUT2D eigenvalue weighted by Gasteiger charge is 2.24. The Morgan fingerprint density at radius 2 is 2.18 bits per heavy atom. The fourth-order valence-electron chi connectivity index (χ4n) is 2.28. The molecule has 4 nitrogen and oxygen atoms in total. The number of hydrogen-bond donors (Lipinski definition) is 1. The zero-order valence-electron chi connectivity index (χ0n) is 10.5. The van der Waals surface area contributed by atoms with Gasteiger partial charge in [-0.2, -0.15) is 11.8 Å². The normalized spacial score (nSPS) is 26.1. The fraction of sp³-hybridized carbons (Fsp3) is 0.917. The molecule has 0 aromatic carbocycles. The number of carbonyl (C=O) groups excluding carboxylic acids is 1. The van der Waals surface area contributed by atoms with E-state index in [1.165, 1.54) is 5.75 Å². The van der Waals surface area contributed by atoms with Crippen LogP contribution in [0.15, 0.2) is 0 Å². The van der Waals surface area contributed by atoms with E-state index in [2.05, 4.69) is 5.32 Å². The molecule has 2 rings (SSSR count). The number of rotatable bonds is 4. The third-order valence-corrected chi connectivity index (χ3v) is 4.72. The highest BCUT2D eigenvalue weighted by atomic mass is 32.2. The van der Waals surface area contributed by atoms with Crippen LogP contribution in [-0.2, 0) is 9.53 Å². The molecule has 0 radical (unpaired) electrons. The van der Waals surface area contributed by atoms with Crippen LogP contribution in [0.3, 0.4) is 0 Å². The van der Waals surface area contributed by atoms with Crippen molar-refractivity contribution in [1.29, 1.82) is 0 Å². The van der Waals surface area contributed by atoms with Crippen molar-refractivity contribution < 1.29 is 9.53 Å². The van der Waals surface area contributed by atoms with Crippen LogP contribution < -0.4 is 5.32 Å². The second kappa shape index (κ2) is 6.61. The number of ether oxygens (including phenoxy) is 1. The van der Waals surface area contributed by atoms with Gasteiger partial charge in [-0.3, -0.25) is 4.79 Å². The van der Waals surface area contributed by atoms with E-state index >= 15 is 0 Å². The van der Waals surface area contributed by atoms with Crippen molar-refractivity contribution in [1.82, 2.24) is 10.2 Å². The molecule has 0 aliphatic carbocycles. The highest BCUT2D eigenvalue weighted by molar-refractivity contribution is 7.99. The third kappa shape index (κ3) is 3.86. The van der Waals surface area contributed by atoms with E-state index in [9.17, 15) is 4.79 Å².